The zero-order chi connectivity index (χ0) is 18.2. The van der Waals surface area contributed by atoms with Gasteiger partial charge >= 0.3 is 7.12 Å². The molecule has 3 rings (SSSR count). The average Bonchev–Trinajstić information content (AvgIpc) is 2.75. The molecule has 0 unspecified atom stereocenters. The maximum absolute atomic E-state index is 13.1. The SMILES string of the molecule is CC1(C)OB(c2ccc(OCc3ccc(F)cc3Cl)cc2)OC1(C)C. The zero-order valence-corrected chi connectivity index (χ0v) is 15.6. The Morgan fingerprint density at radius 3 is 2.16 bits per heavy atom. The molecule has 0 aromatic heterocycles. The van der Waals surface area contributed by atoms with Gasteiger partial charge in [-0.15, -0.1) is 0 Å². The van der Waals surface area contributed by atoms with Crippen LogP contribution in [0, 0.1) is 5.82 Å². The first-order valence-corrected chi connectivity index (χ1v) is 8.58. The summed E-state index contributed by atoms with van der Waals surface area (Å²) in [6, 6.07) is 11.8. The second-order valence-corrected chi connectivity index (χ2v) is 7.59. The summed E-state index contributed by atoms with van der Waals surface area (Å²) < 4.78 is 30.8. The second-order valence-electron chi connectivity index (χ2n) is 7.18. The quantitative estimate of drug-likeness (QED) is 0.757. The fraction of sp³-hybridized carbons (Fsp3) is 0.368. The van der Waals surface area contributed by atoms with Gasteiger partial charge in [0.05, 0.1) is 16.2 Å². The van der Waals surface area contributed by atoms with E-state index in [-0.39, 0.29) is 23.6 Å². The van der Waals surface area contributed by atoms with Gasteiger partial charge in [-0.05, 0) is 57.4 Å². The van der Waals surface area contributed by atoms with E-state index >= 15 is 0 Å². The van der Waals surface area contributed by atoms with Crippen LogP contribution < -0.4 is 10.2 Å². The summed E-state index contributed by atoms with van der Waals surface area (Å²) in [7, 11) is -0.398. The molecule has 0 saturated carbocycles. The molecule has 0 aliphatic carbocycles. The standard InChI is InChI=1S/C19H21BClFO3/c1-18(2)19(3,4)25-20(24-18)14-6-9-16(10-7-14)23-12-13-5-8-15(22)11-17(13)21/h5-11H,12H2,1-4H3. The number of hydrogen-bond donors (Lipinski definition) is 0. The maximum atomic E-state index is 13.1. The minimum Gasteiger partial charge on any atom is -0.489 e. The largest absolute Gasteiger partial charge is 0.494 e. The van der Waals surface area contributed by atoms with Gasteiger partial charge in [0, 0.05) is 5.56 Å². The highest BCUT2D eigenvalue weighted by atomic mass is 35.5. The lowest BCUT2D eigenvalue weighted by atomic mass is 9.79. The van der Waals surface area contributed by atoms with E-state index in [1.165, 1.54) is 12.1 Å². The summed E-state index contributed by atoms with van der Waals surface area (Å²) >= 11 is 6.01. The van der Waals surface area contributed by atoms with Crippen molar-refractivity contribution >= 4 is 24.2 Å². The Balaban J connectivity index is 1.65. The van der Waals surface area contributed by atoms with Crippen molar-refractivity contribution in [3.05, 3.63) is 58.9 Å². The fourth-order valence-corrected chi connectivity index (χ4v) is 2.72. The van der Waals surface area contributed by atoms with Crippen molar-refractivity contribution in [2.75, 3.05) is 0 Å². The van der Waals surface area contributed by atoms with Gasteiger partial charge in [0.2, 0.25) is 0 Å². The van der Waals surface area contributed by atoms with Crippen LogP contribution in [0.1, 0.15) is 33.3 Å². The van der Waals surface area contributed by atoms with Crippen LogP contribution in [-0.4, -0.2) is 18.3 Å². The fourth-order valence-electron chi connectivity index (χ4n) is 2.50. The van der Waals surface area contributed by atoms with Crippen LogP contribution in [0.15, 0.2) is 42.5 Å². The van der Waals surface area contributed by atoms with Crippen LogP contribution in [0.2, 0.25) is 5.02 Å². The first-order chi connectivity index (χ1) is 11.7. The maximum Gasteiger partial charge on any atom is 0.494 e. The van der Waals surface area contributed by atoms with Crippen molar-refractivity contribution in [1.29, 1.82) is 0 Å². The Bertz CT molecular complexity index is 746. The van der Waals surface area contributed by atoms with Crippen molar-refractivity contribution < 1.29 is 18.4 Å². The number of ether oxygens (including phenoxy) is 1. The number of halogens is 2. The second kappa shape index (κ2) is 6.63. The highest BCUT2D eigenvalue weighted by Crippen LogP contribution is 2.36. The highest BCUT2D eigenvalue weighted by Gasteiger charge is 2.51. The number of benzene rings is 2. The van der Waals surface area contributed by atoms with E-state index in [0.717, 1.165) is 11.0 Å². The molecule has 3 nitrogen and oxygen atoms in total. The van der Waals surface area contributed by atoms with Gasteiger partial charge in [-0.25, -0.2) is 4.39 Å². The third-order valence-corrected chi connectivity index (χ3v) is 5.17. The van der Waals surface area contributed by atoms with Crippen molar-refractivity contribution in [3.63, 3.8) is 0 Å². The molecule has 2 aromatic rings. The molecular formula is C19H21BClFO3. The third kappa shape index (κ3) is 3.84. The minimum absolute atomic E-state index is 0.273. The molecule has 0 atom stereocenters. The smallest absolute Gasteiger partial charge is 0.489 e. The lowest BCUT2D eigenvalue weighted by Crippen LogP contribution is -2.41. The van der Waals surface area contributed by atoms with Crippen LogP contribution >= 0.6 is 11.6 Å². The minimum atomic E-state index is -0.398. The molecule has 2 aromatic carbocycles. The molecule has 1 aliphatic rings. The van der Waals surface area contributed by atoms with E-state index in [9.17, 15) is 4.39 Å². The Morgan fingerprint density at radius 1 is 1.00 bits per heavy atom. The van der Waals surface area contributed by atoms with E-state index in [0.29, 0.717) is 10.8 Å². The molecule has 1 saturated heterocycles. The van der Waals surface area contributed by atoms with E-state index in [2.05, 4.69) is 0 Å². The van der Waals surface area contributed by atoms with Gasteiger partial charge in [-0.3, -0.25) is 0 Å². The molecule has 0 spiro atoms. The summed E-state index contributed by atoms with van der Waals surface area (Å²) in [5.74, 6) is 0.334. The van der Waals surface area contributed by atoms with Crippen LogP contribution in [0.25, 0.3) is 0 Å². The summed E-state index contributed by atoms with van der Waals surface area (Å²) in [5, 5.41) is 0.355. The lowest BCUT2D eigenvalue weighted by Gasteiger charge is -2.32. The molecule has 1 aliphatic heterocycles. The van der Waals surface area contributed by atoms with E-state index in [1.807, 2.05) is 52.0 Å². The summed E-state index contributed by atoms with van der Waals surface area (Å²) in [4.78, 5) is 0. The molecule has 1 heterocycles. The summed E-state index contributed by atoms with van der Waals surface area (Å²) in [5.41, 5.74) is 0.933. The van der Waals surface area contributed by atoms with Crippen LogP contribution in [0.3, 0.4) is 0 Å². The van der Waals surface area contributed by atoms with Gasteiger partial charge in [0.1, 0.15) is 18.2 Å². The average molecular weight is 363 g/mol. The molecule has 25 heavy (non-hydrogen) atoms. The molecular weight excluding hydrogens is 341 g/mol. The van der Waals surface area contributed by atoms with E-state index < -0.39 is 7.12 Å². The Kier molecular flexibility index (Phi) is 4.84. The normalized spacial score (nSPS) is 18.4. The van der Waals surface area contributed by atoms with Gasteiger partial charge in [0.25, 0.3) is 0 Å². The first-order valence-electron chi connectivity index (χ1n) is 8.20. The van der Waals surface area contributed by atoms with Crippen LogP contribution in [-0.2, 0) is 15.9 Å². The van der Waals surface area contributed by atoms with Crippen molar-refractivity contribution in [2.45, 2.75) is 45.5 Å². The van der Waals surface area contributed by atoms with Gasteiger partial charge in [-0.1, -0.05) is 29.8 Å². The highest BCUT2D eigenvalue weighted by molar-refractivity contribution is 6.62. The predicted molar refractivity (Wildman–Crippen MR) is 97.9 cm³/mol. The van der Waals surface area contributed by atoms with Crippen molar-refractivity contribution in [2.24, 2.45) is 0 Å². The predicted octanol–water partition coefficient (Wildman–Crippen LogP) is 4.36. The monoisotopic (exact) mass is 362 g/mol. The Labute approximate surface area is 153 Å². The zero-order valence-electron chi connectivity index (χ0n) is 14.8. The Morgan fingerprint density at radius 2 is 1.60 bits per heavy atom. The lowest BCUT2D eigenvalue weighted by molar-refractivity contribution is 0.00578. The van der Waals surface area contributed by atoms with Crippen molar-refractivity contribution in [1.82, 2.24) is 0 Å². The molecule has 0 radical (unpaired) electrons. The van der Waals surface area contributed by atoms with Crippen LogP contribution in [0.5, 0.6) is 5.75 Å². The molecule has 132 valence electrons. The molecule has 0 amide bonds. The molecule has 0 N–H and O–H groups in total. The first kappa shape index (κ1) is 18.2. The topological polar surface area (TPSA) is 27.7 Å². The number of hydrogen-bond acceptors (Lipinski definition) is 3. The molecule has 6 heteroatoms. The van der Waals surface area contributed by atoms with E-state index in [1.54, 1.807) is 6.07 Å². The van der Waals surface area contributed by atoms with Gasteiger partial charge < -0.3 is 14.0 Å². The van der Waals surface area contributed by atoms with Gasteiger partial charge in [0.15, 0.2) is 0 Å². The Hall–Kier alpha value is -1.56. The number of rotatable bonds is 4. The molecule has 1 fully saturated rings. The van der Waals surface area contributed by atoms with Crippen LogP contribution in [0.4, 0.5) is 4.39 Å². The van der Waals surface area contributed by atoms with E-state index in [4.69, 9.17) is 25.6 Å². The summed E-state index contributed by atoms with van der Waals surface area (Å²) in [6.07, 6.45) is 0. The van der Waals surface area contributed by atoms with Crippen molar-refractivity contribution in [3.8, 4) is 5.75 Å². The molecule has 0 bridgehead atoms. The van der Waals surface area contributed by atoms with Gasteiger partial charge in [-0.2, -0.15) is 0 Å². The summed E-state index contributed by atoms with van der Waals surface area (Å²) in [6.45, 7) is 8.37. The third-order valence-electron chi connectivity index (χ3n) is 4.81.